The third-order valence-corrected chi connectivity index (χ3v) is 6.89. The first kappa shape index (κ1) is 19.6. The molecule has 2 heterocycles. The topological polar surface area (TPSA) is 83.7 Å². The van der Waals surface area contributed by atoms with Gasteiger partial charge in [0.2, 0.25) is 10.0 Å². The fraction of sp³-hybridized carbons (Fsp3) is 0.333. The Hall–Kier alpha value is -2.71. The van der Waals surface area contributed by atoms with E-state index in [1.165, 1.54) is 10.6 Å². The van der Waals surface area contributed by atoms with Crippen LogP contribution in [-0.4, -0.2) is 61.1 Å². The van der Waals surface area contributed by atoms with Gasteiger partial charge in [-0.2, -0.15) is 0 Å². The van der Waals surface area contributed by atoms with Crippen LogP contribution in [0.5, 0.6) is 0 Å². The monoisotopic (exact) mass is 413 g/mol. The van der Waals surface area contributed by atoms with Gasteiger partial charge < -0.3 is 9.42 Å². The second kappa shape index (κ2) is 7.61. The fourth-order valence-corrected chi connectivity index (χ4v) is 4.51. The first-order valence-electron chi connectivity index (χ1n) is 9.52. The number of fused-ring (bicyclic) bond motifs is 1. The Balaban J connectivity index is 1.54. The van der Waals surface area contributed by atoms with Gasteiger partial charge in [-0.15, -0.1) is 0 Å². The van der Waals surface area contributed by atoms with Gasteiger partial charge in [0.05, 0.1) is 11.6 Å². The number of hydrogen-bond donors (Lipinski definition) is 0. The third-order valence-electron chi connectivity index (χ3n) is 5.55. The molecule has 0 aliphatic carbocycles. The lowest BCUT2D eigenvalue weighted by molar-refractivity contribution is 0.0686. The SMILES string of the molecule is CN(C1CCN(C(=O)c2ccc3noc(-c4ccccc4)c3c2)CC1)S(C)(=O)=O. The maximum absolute atomic E-state index is 13.0. The molecule has 1 aromatic heterocycles. The highest BCUT2D eigenvalue weighted by Gasteiger charge is 2.29. The molecule has 1 aliphatic rings. The number of rotatable bonds is 4. The van der Waals surface area contributed by atoms with E-state index in [9.17, 15) is 13.2 Å². The summed E-state index contributed by atoms with van der Waals surface area (Å²) in [6, 6.07) is 15.0. The minimum absolute atomic E-state index is 0.0624. The Labute approximate surface area is 169 Å². The zero-order chi connectivity index (χ0) is 20.6. The van der Waals surface area contributed by atoms with Gasteiger partial charge >= 0.3 is 0 Å². The highest BCUT2D eigenvalue weighted by Crippen LogP contribution is 2.30. The summed E-state index contributed by atoms with van der Waals surface area (Å²) in [6.45, 7) is 1.05. The van der Waals surface area contributed by atoms with Crippen molar-refractivity contribution in [2.24, 2.45) is 0 Å². The Kier molecular flexibility index (Phi) is 5.14. The number of amides is 1. The van der Waals surface area contributed by atoms with Crippen molar-refractivity contribution >= 4 is 26.8 Å². The van der Waals surface area contributed by atoms with Crippen LogP contribution in [-0.2, 0) is 10.0 Å². The first-order chi connectivity index (χ1) is 13.8. The molecular weight excluding hydrogens is 390 g/mol. The number of hydrogen-bond acceptors (Lipinski definition) is 5. The molecule has 1 saturated heterocycles. The van der Waals surface area contributed by atoms with E-state index >= 15 is 0 Å². The summed E-state index contributed by atoms with van der Waals surface area (Å²) in [4.78, 5) is 14.8. The van der Waals surface area contributed by atoms with Crippen molar-refractivity contribution in [3.05, 3.63) is 54.1 Å². The van der Waals surface area contributed by atoms with Crippen LogP contribution < -0.4 is 0 Å². The summed E-state index contributed by atoms with van der Waals surface area (Å²) in [6.07, 6.45) is 2.46. The van der Waals surface area contributed by atoms with Crippen LogP contribution in [0.25, 0.3) is 22.2 Å². The molecule has 0 unspecified atom stereocenters. The molecular formula is C21H23N3O4S. The third kappa shape index (κ3) is 3.90. The van der Waals surface area contributed by atoms with Crippen LogP contribution in [0.1, 0.15) is 23.2 Å². The molecule has 0 saturated carbocycles. The molecule has 152 valence electrons. The molecule has 3 aromatic rings. The average molecular weight is 413 g/mol. The Morgan fingerprint density at radius 3 is 2.48 bits per heavy atom. The van der Waals surface area contributed by atoms with Gasteiger partial charge in [-0.25, -0.2) is 12.7 Å². The smallest absolute Gasteiger partial charge is 0.253 e. The van der Waals surface area contributed by atoms with Gasteiger partial charge in [0.1, 0.15) is 5.52 Å². The molecule has 0 bridgehead atoms. The van der Waals surface area contributed by atoms with E-state index in [0.717, 1.165) is 10.9 Å². The maximum Gasteiger partial charge on any atom is 0.253 e. The van der Waals surface area contributed by atoms with E-state index in [2.05, 4.69) is 5.16 Å². The van der Waals surface area contributed by atoms with Gasteiger partial charge in [-0.05, 0) is 31.0 Å². The summed E-state index contributed by atoms with van der Waals surface area (Å²) >= 11 is 0. The molecule has 7 nitrogen and oxygen atoms in total. The van der Waals surface area contributed by atoms with Gasteiger partial charge in [0, 0.05) is 37.3 Å². The number of piperidine rings is 1. The van der Waals surface area contributed by atoms with Gasteiger partial charge in [0.25, 0.3) is 5.91 Å². The Morgan fingerprint density at radius 1 is 1.14 bits per heavy atom. The number of sulfonamides is 1. The highest BCUT2D eigenvalue weighted by molar-refractivity contribution is 7.88. The van der Waals surface area contributed by atoms with E-state index in [1.54, 1.807) is 24.1 Å². The predicted octanol–water partition coefficient (Wildman–Crippen LogP) is 2.99. The quantitative estimate of drug-likeness (QED) is 0.657. The van der Waals surface area contributed by atoms with Crippen molar-refractivity contribution in [3.8, 4) is 11.3 Å². The number of likely N-dealkylation sites (tertiary alicyclic amines) is 1. The molecule has 4 rings (SSSR count). The standard InChI is InChI=1S/C21H23N3O4S/c1-23(29(2,26)27)17-10-12-24(13-11-17)21(25)16-8-9-19-18(14-16)20(28-22-19)15-6-4-3-5-7-15/h3-9,14,17H,10-13H2,1-2H3. The number of carbonyl (C=O) groups excluding carboxylic acids is 1. The molecule has 1 aliphatic heterocycles. The molecule has 0 spiro atoms. The molecule has 1 amide bonds. The van der Waals surface area contributed by atoms with Gasteiger partial charge in [-0.1, -0.05) is 35.5 Å². The lowest BCUT2D eigenvalue weighted by atomic mass is 10.0. The highest BCUT2D eigenvalue weighted by atomic mass is 32.2. The largest absolute Gasteiger partial charge is 0.355 e. The lowest BCUT2D eigenvalue weighted by Gasteiger charge is -2.35. The zero-order valence-electron chi connectivity index (χ0n) is 16.4. The first-order valence-corrected chi connectivity index (χ1v) is 11.4. The summed E-state index contributed by atoms with van der Waals surface area (Å²) in [5.41, 5.74) is 2.19. The van der Waals surface area contributed by atoms with Gasteiger partial charge in [-0.3, -0.25) is 4.79 Å². The Bertz CT molecular complexity index is 1130. The molecule has 0 N–H and O–H groups in total. The van der Waals surface area contributed by atoms with Crippen molar-refractivity contribution in [1.82, 2.24) is 14.4 Å². The van der Waals surface area contributed by atoms with E-state index in [4.69, 9.17) is 4.52 Å². The number of benzene rings is 2. The second-order valence-electron chi connectivity index (χ2n) is 7.41. The van der Waals surface area contributed by atoms with Crippen molar-refractivity contribution in [1.29, 1.82) is 0 Å². The van der Waals surface area contributed by atoms with Crippen LogP contribution in [0.4, 0.5) is 0 Å². The zero-order valence-corrected chi connectivity index (χ0v) is 17.2. The van der Waals surface area contributed by atoms with Crippen LogP contribution in [0.15, 0.2) is 53.1 Å². The van der Waals surface area contributed by atoms with Crippen LogP contribution in [0.2, 0.25) is 0 Å². The average Bonchev–Trinajstić information content (AvgIpc) is 3.16. The second-order valence-corrected chi connectivity index (χ2v) is 9.45. The lowest BCUT2D eigenvalue weighted by Crippen LogP contribution is -2.47. The van der Waals surface area contributed by atoms with Crippen LogP contribution >= 0.6 is 0 Å². The van der Waals surface area contributed by atoms with Crippen molar-refractivity contribution in [3.63, 3.8) is 0 Å². The number of nitrogens with zero attached hydrogens (tertiary/aromatic N) is 3. The molecule has 0 radical (unpaired) electrons. The summed E-state index contributed by atoms with van der Waals surface area (Å²) in [5, 5.41) is 4.90. The minimum atomic E-state index is -3.23. The van der Waals surface area contributed by atoms with E-state index in [0.29, 0.717) is 42.8 Å². The van der Waals surface area contributed by atoms with E-state index in [-0.39, 0.29) is 11.9 Å². The van der Waals surface area contributed by atoms with Crippen molar-refractivity contribution in [2.45, 2.75) is 18.9 Å². The van der Waals surface area contributed by atoms with E-state index in [1.807, 2.05) is 36.4 Å². The van der Waals surface area contributed by atoms with Crippen LogP contribution in [0, 0.1) is 0 Å². The predicted molar refractivity (Wildman–Crippen MR) is 111 cm³/mol. The van der Waals surface area contributed by atoms with Gasteiger partial charge in [0.15, 0.2) is 5.76 Å². The summed E-state index contributed by atoms with van der Waals surface area (Å²) in [5.74, 6) is 0.580. The molecule has 1 fully saturated rings. The summed E-state index contributed by atoms with van der Waals surface area (Å²) in [7, 11) is -1.63. The number of aromatic nitrogens is 1. The summed E-state index contributed by atoms with van der Waals surface area (Å²) < 4.78 is 30.4. The molecule has 0 atom stereocenters. The minimum Gasteiger partial charge on any atom is -0.355 e. The molecule has 29 heavy (non-hydrogen) atoms. The molecule has 2 aromatic carbocycles. The van der Waals surface area contributed by atoms with Crippen molar-refractivity contribution in [2.75, 3.05) is 26.4 Å². The van der Waals surface area contributed by atoms with Crippen molar-refractivity contribution < 1.29 is 17.7 Å². The normalized spacial score (nSPS) is 15.9. The fourth-order valence-electron chi connectivity index (χ4n) is 3.76. The van der Waals surface area contributed by atoms with E-state index < -0.39 is 10.0 Å². The van der Waals surface area contributed by atoms with Crippen LogP contribution in [0.3, 0.4) is 0 Å². The number of carbonyl (C=O) groups is 1. The molecule has 8 heteroatoms. The maximum atomic E-state index is 13.0. The Morgan fingerprint density at radius 2 is 1.83 bits per heavy atom.